The highest BCUT2D eigenvalue weighted by molar-refractivity contribution is 7.12. The van der Waals surface area contributed by atoms with Gasteiger partial charge in [-0.15, -0.1) is 11.3 Å². The second-order valence-corrected chi connectivity index (χ2v) is 5.96. The van der Waals surface area contributed by atoms with Gasteiger partial charge in [0.05, 0.1) is 12.8 Å². The van der Waals surface area contributed by atoms with Crippen LogP contribution in [0, 0.1) is 0 Å². The summed E-state index contributed by atoms with van der Waals surface area (Å²) in [6, 6.07) is 13.2. The maximum atomic E-state index is 11.6. The molecule has 0 spiro atoms. The van der Waals surface area contributed by atoms with Crippen molar-refractivity contribution in [2.24, 2.45) is 0 Å². The maximum absolute atomic E-state index is 11.6. The van der Waals surface area contributed by atoms with Crippen molar-refractivity contribution in [3.63, 3.8) is 0 Å². The van der Waals surface area contributed by atoms with Gasteiger partial charge in [0.15, 0.2) is 0 Å². The molecule has 0 saturated heterocycles. The molecule has 116 valence electrons. The third kappa shape index (κ3) is 5.33. The molecule has 0 saturated carbocycles. The summed E-state index contributed by atoms with van der Waals surface area (Å²) in [5.41, 5.74) is 0.865. The largest absolute Gasteiger partial charge is 0.428 e. The SMILES string of the molecule is CCc1ccc(CC(=O)OCOC(=O)Cc2ccccc2)s1. The van der Waals surface area contributed by atoms with E-state index in [2.05, 4.69) is 6.92 Å². The van der Waals surface area contributed by atoms with E-state index in [9.17, 15) is 9.59 Å². The highest BCUT2D eigenvalue weighted by Crippen LogP contribution is 2.17. The maximum Gasteiger partial charge on any atom is 0.313 e. The van der Waals surface area contributed by atoms with Crippen LogP contribution in [0.3, 0.4) is 0 Å². The Bertz CT molecular complexity index is 619. The van der Waals surface area contributed by atoms with Gasteiger partial charge >= 0.3 is 11.9 Å². The third-order valence-electron chi connectivity index (χ3n) is 3.02. The Kier molecular flexibility index (Phi) is 6.15. The van der Waals surface area contributed by atoms with Crippen molar-refractivity contribution in [1.82, 2.24) is 0 Å². The zero-order valence-corrected chi connectivity index (χ0v) is 13.2. The van der Waals surface area contributed by atoms with Crippen LogP contribution in [0.1, 0.15) is 22.2 Å². The van der Waals surface area contributed by atoms with Crippen LogP contribution in [0.5, 0.6) is 0 Å². The zero-order valence-electron chi connectivity index (χ0n) is 12.4. The first-order valence-electron chi connectivity index (χ1n) is 7.10. The fourth-order valence-electron chi connectivity index (χ4n) is 1.88. The minimum atomic E-state index is -0.414. The predicted molar refractivity (Wildman–Crippen MR) is 84.6 cm³/mol. The standard InChI is InChI=1S/C17H18O4S/c1-2-14-8-9-15(22-14)11-17(19)21-12-20-16(18)10-13-6-4-3-5-7-13/h3-9H,2,10-12H2,1H3. The molecule has 1 aromatic heterocycles. The molecule has 0 amide bonds. The van der Waals surface area contributed by atoms with Gasteiger partial charge in [0, 0.05) is 9.75 Å². The Balaban J connectivity index is 1.67. The molecule has 0 unspecified atom stereocenters. The number of benzene rings is 1. The van der Waals surface area contributed by atoms with Crippen LogP contribution in [0.2, 0.25) is 0 Å². The van der Waals surface area contributed by atoms with Crippen LogP contribution in [-0.4, -0.2) is 18.7 Å². The molecule has 0 aliphatic carbocycles. The number of hydrogen-bond acceptors (Lipinski definition) is 5. The van der Waals surface area contributed by atoms with Gasteiger partial charge in [-0.25, -0.2) is 0 Å². The van der Waals surface area contributed by atoms with Gasteiger partial charge in [-0.2, -0.15) is 0 Å². The lowest BCUT2D eigenvalue weighted by Gasteiger charge is -2.06. The molecular formula is C17H18O4S. The Morgan fingerprint density at radius 2 is 1.55 bits per heavy atom. The summed E-state index contributed by atoms with van der Waals surface area (Å²) in [5, 5.41) is 0. The molecule has 0 atom stereocenters. The Morgan fingerprint density at radius 3 is 2.18 bits per heavy atom. The number of aryl methyl sites for hydroxylation is 1. The van der Waals surface area contributed by atoms with Crippen molar-refractivity contribution in [3.05, 3.63) is 57.8 Å². The van der Waals surface area contributed by atoms with Gasteiger partial charge in [-0.05, 0) is 24.1 Å². The molecule has 0 N–H and O–H groups in total. The van der Waals surface area contributed by atoms with E-state index in [4.69, 9.17) is 9.47 Å². The normalized spacial score (nSPS) is 10.2. The third-order valence-corrected chi connectivity index (χ3v) is 4.25. The van der Waals surface area contributed by atoms with Gasteiger partial charge in [-0.1, -0.05) is 37.3 Å². The number of ether oxygens (including phenoxy) is 2. The molecule has 2 rings (SSSR count). The average molecular weight is 318 g/mol. The van der Waals surface area contributed by atoms with Crippen LogP contribution in [0.4, 0.5) is 0 Å². The van der Waals surface area contributed by atoms with Crippen LogP contribution in [0.15, 0.2) is 42.5 Å². The summed E-state index contributed by atoms with van der Waals surface area (Å²) in [4.78, 5) is 25.4. The molecule has 5 heteroatoms. The Hall–Kier alpha value is -2.14. The molecule has 0 radical (unpaired) electrons. The van der Waals surface area contributed by atoms with Gasteiger partial charge in [-0.3, -0.25) is 9.59 Å². The second kappa shape index (κ2) is 8.34. The van der Waals surface area contributed by atoms with Gasteiger partial charge in [0.25, 0.3) is 0 Å². The van der Waals surface area contributed by atoms with Crippen LogP contribution >= 0.6 is 11.3 Å². The summed E-state index contributed by atoms with van der Waals surface area (Å²) < 4.78 is 9.82. The smallest absolute Gasteiger partial charge is 0.313 e. The average Bonchev–Trinajstić information content (AvgIpc) is 2.95. The van der Waals surface area contributed by atoms with Crippen molar-refractivity contribution >= 4 is 23.3 Å². The van der Waals surface area contributed by atoms with E-state index in [1.165, 1.54) is 4.88 Å². The number of hydrogen-bond donors (Lipinski definition) is 0. The minimum absolute atomic E-state index is 0.170. The van der Waals surface area contributed by atoms with Gasteiger partial charge in [0.1, 0.15) is 0 Å². The highest BCUT2D eigenvalue weighted by atomic mass is 32.1. The fraction of sp³-hybridized carbons (Fsp3) is 0.294. The van der Waals surface area contributed by atoms with Crippen LogP contribution in [-0.2, 0) is 38.3 Å². The van der Waals surface area contributed by atoms with E-state index < -0.39 is 11.9 Å². The van der Waals surface area contributed by atoms with Crippen molar-refractivity contribution < 1.29 is 19.1 Å². The lowest BCUT2D eigenvalue weighted by Crippen LogP contribution is -2.15. The number of carbonyl (C=O) groups excluding carboxylic acids is 2. The summed E-state index contributed by atoms with van der Waals surface area (Å²) in [5.74, 6) is -0.805. The monoisotopic (exact) mass is 318 g/mol. The van der Waals surface area contributed by atoms with Crippen molar-refractivity contribution in [2.45, 2.75) is 26.2 Å². The number of esters is 2. The van der Waals surface area contributed by atoms with E-state index in [-0.39, 0.29) is 19.6 Å². The molecular weight excluding hydrogens is 300 g/mol. The first-order valence-corrected chi connectivity index (χ1v) is 7.91. The van der Waals surface area contributed by atoms with Gasteiger partial charge < -0.3 is 9.47 Å². The summed E-state index contributed by atoms with van der Waals surface area (Å²) in [6.07, 6.45) is 1.33. The Labute approximate surface area is 133 Å². The van der Waals surface area contributed by atoms with Crippen LogP contribution in [0.25, 0.3) is 0 Å². The second-order valence-electron chi connectivity index (χ2n) is 4.71. The zero-order chi connectivity index (χ0) is 15.8. The van der Waals surface area contributed by atoms with Gasteiger partial charge in [0.2, 0.25) is 6.79 Å². The molecule has 4 nitrogen and oxygen atoms in total. The molecule has 22 heavy (non-hydrogen) atoms. The van der Waals surface area contributed by atoms with Crippen LogP contribution < -0.4 is 0 Å². The van der Waals surface area contributed by atoms with Crippen molar-refractivity contribution in [1.29, 1.82) is 0 Å². The molecule has 0 aliphatic heterocycles. The highest BCUT2D eigenvalue weighted by Gasteiger charge is 2.09. The number of rotatable bonds is 7. The van der Waals surface area contributed by atoms with Crippen molar-refractivity contribution in [3.8, 4) is 0 Å². The van der Waals surface area contributed by atoms with E-state index in [1.54, 1.807) is 11.3 Å². The molecule has 0 aliphatic rings. The van der Waals surface area contributed by atoms with E-state index >= 15 is 0 Å². The topological polar surface area (TPSA) is 52.6 Å². The first kappa shape index (κ1) is 16.2. The minimum Gasteiger partial charge on any atom is -0.428 e. The predicted octanol–water partition coefficient (Wildman–Crippen LogP) is 3.14. The summed E-state index contributed by atoms with van der Waals surface area (Å²) >= 11 is 1.59. The quantitative estimate of drug-likeness (QED) is 0.581. The number of carbonyl (C=O) groups is 2. The molecule has 1 heterocycles. The fourth-order valence-corrected chi connectivity index (χ4v) is 2.82. The summed E-state index contributed by atoms with van der Waals surface area (Å²) in [6.45, 7) is 1.73. The first-order chi connectivity index (χ1) is 10.7. The van der Waals surface area contributed by atoms with Crippen molar-refractivity contribution in [2.75, 3.05) is 6.79 Å². The Morgan fingerprint density at radius 1 is 0.909 bits per heavy atom. The molecule has 0 fully saturated rings. The van der Waals surface area contributed by atoms with E-state index in [0.717, 1.165) is 16.9 Å². The lowest BCUT2D eigenvalue weighted by atomic mass is 10.2. The number of thiophene rings is 1. The lowest BCUT2D eigenvalue weighted by molar-refractivity contribution is -0.166. The molecule has 2 aromatic rings. The van der Waals surface area contributed by atoms with E-state index in [0.29, 0.717) is 0 Å². The molecule has 0 bridgehead atoms. The summed E-state index contributed by atoms with van der Waals surface area (Å²) in [7, 11) is 0. The van der Waals surface area contributed by atoms with E-state index in [1.807, 2.05) is 42.5 Å². The molecule has 1 aromatic carbocycles.